The van der Waals surface area contributed by atoms with Gasteiger partial charge in [-0.15, -0.1) is 0 Å². The summed E-state index contributed by atoms with van der Waals surface area (Å²) in [5.74, 6) is 0. The van der Waals surface area contributed by atoms with Gasteiger partial charge in [-0.3, -0.25) is 0 Å². The number of phosphoric ester groups is 1. The van der Waals surface area contributed by atoms with Gasteiger partial charge in [0.1, 0.15) is 0 Å². The zero-order chi connectivity index (χ0) is 42.7. The van der Waals surface area contributed by atoms with Crippen LogP contribution in [-0.4, -0.2) is 0 Å². The Kier molecular flexibility index (Phi) is 47.4. The molecule has 0 N–H and O–H groups in total. The first-order valence-electron chi connectivity index (χ1n) is 24.8. The second-order valence-corrected chi connectivity index (χ2v) is 17.6. The lowest BCUT2D eigenvalue weighted by molar-refractivity contribution is 0.230. The summed E-state index contributed by atoms with van der Waals surface area (Å²) in [5, 5.41) is 0. The van der Waals surface area contributed by atoms with E-state index in [2.05, 4.69) is 39.0 Å². The van der Waals surface area contributed by atoms with E-state index in [0.29, 0.717) is 0 Å². The van der Waals surface area contributed by atoms with Gasteiger partial charge in [-0.05, 0) is 56.8 Å². The lowest BCUT2D eigenvalue weighted by atomic mass is 10.1. The minimum absolute atomic E-state index is 1.09. The van der Waals surface area contributed by atoms with E-state index in [1.54, 1.807) is 18.2 Å². The largest absolute Gasteiger partial charge is 0.645 e. The molecule has 59 heavy (non-hydrogen) atoms. The fourth-order valence-corrected chi connectivity index (χ4v) is 7.50. The number of hydrogen-bond acceptors (Lipinski definition) is 4. The van der Waals surface area contributed by atoms with Crippen LogP contribution >= 0.6 is 7.82 Å². The minimum Gasteiger partial charge on any atom is -0.394 e. The van der Waals surface area contributed by atoms with E-state index >= 15 is 0 Å². The van der Waals surface area contributed by atoms with E-state index in [0.717, 1.165) is 19.3 Å². The molecule has 4 nitrogen and oxygen atoms in total. The summed E-state index contributed by atoms with van der Waals surface area (Å²) in [6.07, 6.45) is 77.1. The topological polar surface area (TPSA) is 44.8 Å². The van der Waals surface area contributed by atoms with Crippen LogP contribution in [0, 0.1) is 0 Å². The Labute approximate surface area is 367 Å². The van der Waals surface area contributed by atoms with Gasteiger partial charge in [0.25, 0.3) is 0 Å². The molecule has 338 valence electrons. The van der Waals surface area contributed by atoms with E-state index in [9.17, 15) is 4.57 Å². The van der Waals surface area contributed by atoms with Crippen LogP contribution in [0.4, 0.5) is 0 Å². The summed E-state index contributed by atoms with van der Waals surface area (Å²) in [7, 11) is -3.90. The zero-order valence-corrected chi connectivity index (χ0v) is 39.7. The van der Waals surface area contributed by atoms with Crippen molar-refractivity contribution in [2.24, 2.45) is 0 Å². The van der Waals surface area contributed by atoms with Crippen LogP contribution < -0.4 is 0 Å². The van der Waals surface area contributed by atoms with Crippen LogP contribution in [0.3, 0.4) is 0 Å². The number of unbranched alkanes of at least 4 members (excludes halogenated alkanes) is 30. The lowest BCUT2D eigenvalue weighted by Crippen LogP contribution is -1.88. The standard InChI is InChI=1S/C54H93O4P/c1-4-7-10-13-16-19-22-25-28-31-34-37-40-43-46-49-52-56-59(55,57-53-50-47-44-41-38-35-32-29-26-23-20-17-14-11-8-5-2)58-54-51-48-45-42-39-36-33-30-27-24-21-18-15-12-9-6-3/h37-54H,4-36H2,1-3H3/b40-37+,41-38+,42-39+,46-43+,47-44+,48-45+,52-49+,53-50+,54-51+. The van der Waals surface area contributed by atoms with Gasteiger partial charge < -0.3 is 13.6 Å². The molecule has 0 radical (unpaired) electrons. The Morgan fingerprint density at radius 2 is 0.475 bits per heavy atom. The molecule has 0 aromatic rings. The fourth-order valence-electron chi connectivity index (χ4n) is 6.70. The maximum absolute atomic E-state index is 13.4. The molecule has 0 aliphatic rings. The van der Waals surface area contributed by atoms with Crippen molar-refractivity contribution in [3.8, 4) is 0 Å². The van der Waals surface area contributed by atoms with Gasteiger partial charge in [-0.2, -0.15) is 4.57 Å². The van der Waals surface area contributed by atoms with Crippen LogP contribution in [0.25, 0.3) is 0 Å². The second kappa shape index (κ2) is 49.7. The number of hydrogen-bond donors (Lipinski definition) is 0. The third kappa shape index (κ3) is 47.8. The molecule has 0 saturated heterocycles. The molecule has 0 atom stereocenters. The summed E-state index contributed by atoms with van der Waals surface area (Å²) >= 11 is 0. The molecule has 0 bridgehead atoms. The molecule has 0 unspecified atom stereocenters. The third-order valence-electron chi connectivity index (χ3n) is 10.4. The number of phosphoric acid groups is 1. The SMILES string of the molecule is CCCCCCCCCCCC/C=C/C=C/C=C/OP(=O)(O/C=C/C=C/C=C/CCCCCCCCCCCC)O/C=C/C=C/C=C/CCCCCCCCCCCC. The van der Waals surface area contributed by atoms with Crippen LogP contribution in [0.2, 0.25) is 0 Å². The van der Waals surface area contributed by atoms with Crippen molar-refractivity contribution >= 4 is 7.82 Å². The predicted octanol–water partition coefficient (Wildman–Crippen LogP) is 20.0. The highest BCUT2D eigenvalue weighted by atomic mass is 31.2. The average Bonchev–Trinajstić information content (AvgIpc) is 3.24. The molecule has 0 amide bonds. The van der Waals surface area contributed by atoms with E-state index in [4.69, 9.17) is 13.6 Å². The summed E-state index contributed by atoms with van der Waals surface area (Å²) in [6, 6.07) is 0. The van der Waals surface area contributed by atoms with Gasteiger partial charge in [0, 0.05) is 0 Å². The van der Waals surface area contributed by atoms with Crippen molar-refractivity contribution in [2.75, 3.05) is 0 Å². The van der Waals surface area contributed by atoms with Crippen molar-refractivity contribution in [3.05, 3.63) is 110 Å². The molecule has 0 heterocycles. The van der Waals surface area contributed by atoms with Crippen molar-refractivity contribution in [1.82, 2.24) is 0 Å². The molecule has 0 aliphatic carbocycles. The highest BCUT2D eigenvalue weighted by Crippen LogP contribution is 2.50. The lowest BCUT2D eigenvalue weighted by Gasteiger charge is -2.12. The summed E-state index contributed by atoms with van der Waals surface area (Å²) in [6.45, 7) is 6.82. The summed E-state index contributed by atoms with van der Waals surface area (Å²) in [5.41, 5.74) is 0. The van der Waals surface area contributed by atoms with Crippen LogP contribution in [0.5, 0.6) is 0 Å². The highest BCUT2D eigenvalue weighted by Gasteiger charge is 2.27. The van der Waals surface area contributed by atoms with E-state index in [1.807, 2.05) is 54.7 Å². The van der Waals surface area contributed by atoms with Crippen molar-refractivity contribution in [2.45, 2.75) is 233 Å². The van der Waals surface area contributed by atoms with Crippen molar-refractivity contribution in [3.63, 3.8) is 0 Å². The first-order chi connectivity index (χ1) is 29.2. The van der Waals surface area contributed by atoms with Crippen LogP contribution in [0.15, 0.2) is 110 Å². The number of allylic oxidation sites excluding steroid dienone is 15. The van der Waals surface area contributed by atoms with Gasteiger partial charge in [-0.25, -0.2) is 0 Å². The Hall–Kier alpha value is -2.71. The van der Waals surface area contributed by atoms with Gasteiger partial charge in [0.15, 0.2) is 0 Å². The van der Waals surface area contributed by atoms with Gasteiger partial charge in [0.2, 0.25) is 0 Å². The molecule has 0 rings (SSSR count). The average molecular weight is 837 g/mol. The number of rotatable bonds is 45. The molecule has 0 aliphatic heterocycles. The second-order valence-electron chi connectivity index (χ2n) is 16.1. The van der Waals surface area contributed by atoms with Crippen molar-refractivity contribution < 1.29 is 18.1 Å². The fraction of sp³-hybridized carbons (Fsp3) is 0.667. The smallest absolute Gasteiger partial charge is 0.394 e. The minimum atomic E-state index is -3.90. The normalized spacial score (nSPS) is 13.0. The predicted molar refractivity (Wildman–Crippen MR) is 263 cm³/mol. The molecule has 0 spiro atoms. The van der Waals surface area contributed by atoms with Crippen molar-refractivity contribution in [1.29, 1.82) is 0 Å². The maximum atomic E-state index is 13.4. The zero-order valence-electron chi connectivity index (χ0n) is 38.8. The monoisotopic (exact) mass is 837 g/mol. The van der Waals surface area contributed by atoms with Gasteiger partial charge >= 0.3 is 7.82 Å². The molecule has 0 aromatic heterocycles. The quantitative estimate of drug-likeness (QED) is 0.0265. The molecule has 5 heteroatoms. The molecular formula is C54H93O4P. The van der Waals surface area contributed by atoms with E-state index < -0.39 is 7.82 Å². The first-order valence-corrected chi connectivity index (χ1v) is 26.2. The Balaban J connectivity index is 4.63. The molecule has 0 aromatic carbocycles. The summed E-state index contributed by atoms with van der Waals surface area (Å²) < 4.78 is 29.8. The van der Waals surface area contributed by atoms with E-state index in [1.165, 1.54) is 211 Å². The first kappa shape index (κ1) is 56.3. The molecule has 0 fully saturated rings. The van der Waals surface area contributed by atoms with Gasteiger partial charge in [-0.1, -0.05) is 267 Å². The Morgan fingerprint density at radius 1 is 0.271 bits per heavy atom. The van der Waals surface area contributed by atoms with Crippen LogP contribution in [0.1, 0.15) is 233 Å². The third-order valence-corrected chi connectivity index (χ3v) is 11.5. The Bertz CT molecular complexity index is 1030. The summed E-state index contributed by atoms with van der Waals surface area (Å²) in [4.78, 5) is 0. The molecular weight excluding hydrogens is 744 g/mol. The highest BCUT2D eigenvalue weighted by molar-refractivity contribution is 7.48. The van der Waals surface area contributed by atoms with Gasteiger partial charge in [0.05, 0.1) is 18.8 Å². The van der Waals surface area contributed by atoms with E-state index in [-0.39, 0.29) is 0 Å². The Morgan fingerprint density at radius 3 is 0.712 bits per heavy atom. The van der Waals surface area contributed by atoms with Crippen LogP contribution in [-0.2, 0) is 18.1 Å². The maximum Gasteiger partial charge on any atom is 0.645 e. The molecule has 0 saturated carbocycles.